The Kier molecular flexibility index (Phi) is 17.2. The number of rotatable bonds is 0. The third kappa shape index (κ3) is 15.0. The molecule has 2 heteroatoms. The Bertz CT molecular complexity index is 740. The van der Waals surface area contributed by atoms with E-state index in [2.05, 4.69) is 58.7 Å². The zero-order valence-electron chi connectivity index (χ0n) is 24.9. The topological polar surface area (TPSA) is 6.48 Å². The van der Waals surface area contributed by atoms with E-state index in [0.29, 0.717) is 0 Å². The first-order valence-electron chi connectivity index (χ1n) is 16.8. The maximum absolute atomic E-state index is 2.56. The minimum Gasteiger partial charge on any atom is -0.373 e. The molecule has 0 amide bonds. The molecule has 0 aromatic rings. The van der Waals surface area contributed by atoms with E-state index in [1.165, 1.54) is 161 Å². The standard InChI is InChI=1S/C36H60N2/c1-2-5-9-13-17-21-29-37-31-24-28-36(34-37)26-20-16-12-8-4-6-10-14-18-22-30-38-32-23-27-35(33-38)25-19-15-11-7-3-1/h1-2,23-24,27-28,32,34H,3-22,25-26,29-31,33H2. The van der Waals surface area contributed by atoms with Crippen molar-refractivity contribution in [2.75, 3.05) is 26.2 Å². The van der Waals surface area contributed by atoms with Crippen LogP contribution in [0, 0.1) is 0 Å². The molecule has 0 saturated carbocycles. The van der Waals surface area contributed by atoms with Crippen molar-refractivity contribution in [2.24, 2.45) is 0 Å². The van der Waals surface area contributed by atoms with Crippen molar-refractivity contribution in [2.45, 2.75) is 141 Å². The number of allylic oxidation sites excluding steroid dienone is 6. The fourth-order valence-electron chi connectivity index (χ4n) is 6.15. The normalized spacial score (nSPS) is 23.6. The summed E-state index contributed by atoms with van der Waals surface area (Å²) in [7, 11) is 0. The lowest BCUT2D eigenvalue weighted by Crippen LogP contribution is -2.23. The summed E-state index contributed by atoms with van der Waals surface area (Å²) in [6.45, 7) is 4.75. The molecule has 0 aromatic heterocycles. The molecule has 0 saturated heterocycles. The lowest BCUT2D eigenvalue weighted by atomic mass is 10.0. The number of hydrogen-bond donors (Lipinski definition) is 0. The average Bonchev–Trinajstić information content (AvgIpc) is 2.94. The van der Waals surface area contributed by atoms with Crippen LogP contribution in [0.25, 0.3) is 0 Å². The summed E-state index contributed by atoms with van der Waals surface area (Å²) in [5, 5.41) is 0. The molecule has 0 aromatic carbocycles. The van der Waals surface area contributed by atoms with E-state index in [1.54, 1.807) is 11.1 Å². The first kappa shape index (κ1) is 30.8. The molecule has 0 fully saturated rings. The Hall–Kier alpha value is -1.70. The number of hydrogen-bond acceptors (Lipinski definition) is 2. The van der Waals surface area contributed by atoms with E-state index < -0.39 is 0 Å². The summed E-state index contributed by atoms with van der Waals surface area (Å²) in [6.07, 6.45) is 49.3. The fraction of sp³-hybridized carbons (Fsp3) is 0.722. The SMILES string of the molecule is C1=CN2CCCCCCCCCCCCC3=CN(CC=C3)CCCCCCC=CCCCCCCC(=C1)C2. The molecule has 3 aliphatic heterocycles. The molecule has 38 heavy (non-hydrogen) atoms. The van der Waals surface area contributed by atoms with Crippen LogP contribution in [0.15, 0.2) is 60.0 Å². The molecule has 0 radical (unpaired) electrons. The molecule has 0 atom stereocenters. The van der Waals surface area contributed by atoms with Crippen LogP contribution in [-0.4, -0.2) is 36.0 Å². The van der Waals surface area contributed by atoms with Gasteiger partial charge in [-0.1, -0.05) is 113 Å². The van der Waals surface area contributed by atoms with Crippen LogP contribution >= 0.6 is 0 Å². The first-order chi connectivity index (χ1) is 18.9. The molecular formula is C36H60N2. The van der Waals surface area contributed by atoms with Crippen molar-refractivity contribution < 1.29 is 0 Å². The van der Waals surface area contributed by atoms with Crippen LogP contribution in [0.4, 0.5) is 0 Å². The van der Waals surface area contributed by atoms with Gasteiger partial charge in [0, 0.05) is 32.4 Å². The second kappa shape index (κ2) is 21.2. The minimum absolute atomic E-state index is 1.11. The van der Waals surface area contributed by atoms with Gasteiger partial charge in [-0.2, -0.15) is 0 Å². The monoisotopic (exact) mass is 520 g/mol. The van der Waals surface area contributed by atoms with Gasteiger partial charge in [0.1, 0.15) is 0 Å². The molecule has 0 spiro atoms. The van der Waals surface area contributed by atoms with E-state index in [0.717, 1.165) is 6.54 Å². The van der Waals surface area contributed by atoms with Crippen LogP contribution in [0.3, 0.4) is 0 Å². The highest BCUT2D eigenvalue weighted by Crippen LogP contribution is 2.19. The van der Waals surface area contributed by atoms with Crippen LogP contribution in [-0.2, 0) is 0 Å². The molecule has 3 heterocycles. The van der Waals surface area contributed by atoms with Crippen molar-refractivity contribution in [1.29, 1.82) is 0 Å². The minimum atomic E-state index is 1.11. The molecular weight excluding hydrogens is 460 g/mol. The van der Waals surface area contributed by atoms with E-state index in [4.69, 9.17) is 0 Å². The van der Waals surface area contributed by atoms with Crippen molar-refractivity contribution in [3.8, 4) is 0 Å². The Balaban J connectivity index is 1.32. The fourth-order valence-corrected chi connectivity index (χ4v) is 6.15. The summed E-state index contributed by atoms with van der Waals surface area (Å²) < 4.78 is 0. The highest BCUT2D eigenvalue weighted by molar-refractivity contribution is 5.22. The second-order valence-electron chi connectivity index (χ2n) is 12.2. The van der Waals surface area contributed by atoms with Gasteiger partial charge in [-0.05, 0) is 82.1 Å². The molecule has 0 N–H and O–H groups in total. The molecule has 0 unspecified atom stereocenters. The van der Waals surface area contributed by atoms with Gasteiger partial charge in [0.05, 0.1) is 0 Å². The third-order valence-corrected chi connectivity index (χ3v) is 8.57. The Morgan fingerprint density at radius 3 is 1.74 bits per heavy atom. The Morgan fingerprint density at radius 2 is 1.05 bits per heavy atom. The maximum atomic E-state index is 2.56. The molecule has 214 valence electrons. The largest absolute Gasteiger partial charge is 0.373 e. The molecule has 2 nitrogen and oxygen atoms in total. The summed E-state index contributed by atoms with van der Waals surface area (Å²) in [5.41, 5.74) is 3.20. The predicted octanol–water partition coefficient (Wildman–Crippen LogP) is 10.6. The van der Waals surface area contributed by atoms with Gasteiger partial charge in [-0.3, -0.25) is 0 Å². The van der Waals surface area contributed by atoms with Crippen LogP contribution < -0.4 is 0 Å². The van der Waals surface area contributed by atoms with Gasteiger partial charge in [-0.25, -0.2) is 0 Å². The van der Waals surface area contributed by atoms with E-state index in [-0.39, 0.29) is 0 Å². The predicted molar refractivity (Wildman–Crippen MR) is 168 cm³/mol. The summed E-state index contributed by atoms with van der Waals surface area (Å²) in [6, 6.07) is 0. The lowest BCUT2D eigenvalue weighted by Gasteiger charge is -2.25. The Labute approximate surface area is 237 Å². The van der Waals surface area contributed by atoms with Gasteiger partial charge < -0.3 is 9.80 Å². The quantitative estimate of drug-likeness (QED) is 0.293. The average molecular weight is 521 g/mol. The Morgan fingerprint density at radius 1 is 0.500 bits per heavy atom. The lowest BCUT2D eigenvalue weighted by molar-refractivity contribution is 0.378. The summed E-state index contributed by atoms with van der Waals surface area (Å²) in [4.78, 5) is 5.11. The van der Waals surface area contributed by atoms with E-state index in [9.17, 15) is 0 Å². The van der Waals surface area contributed by atoms with Crippen molar-refractivity contribution in [3.05, 3.63) is 60.0 Å². The van der Waals surface area contributed by atoms with Gasteiger partial charge in [0.2, 0.25) is 0 Å². The van der Waals surface area contributed by atoms with Crippen molar-refractivity contribution in [1.82, 2.24) is 9.80 Å². The number of fused-ring (bicyclic) bond motifs is 3. The molecule has 4 bridgehead atoms. The molecule has 3 aliphatic rings. The highest BCUT2D eigenvalue weighted by atomic mass is 15.1. The zero-order chi connectivity index (χ0) is 26.4. The van der Waals surface area contributed by atoms with Gasteiger partial charge in [-0.15, -0.1) is 0 Å². The summed E-state index contributed by atoms with van der Waals surface area (Å²) in [5.74, 6) is 0. The van der Waals surface area contributed by atoms with Crippen LogP contribution in [0.1, 0.15) is 141 Å². The van der Waals surface area contributed by atoms with Crippen LogP contribution in [0.2, 0.25) is 0 Å². The van der Waals surface area contributed by atoms with Gasteiger partial charge >= 0.3 is 0 Å². The van der Waals surface area contributed by atoms with Gasteiger partial charge in [0.15, 0.2) is 0 Å². The maximum Gasteiger partial charge on any atom is 0.0386 e. The second-order valence-corrected chi connectivity index (χ2v) is 12.2. The van der Waals surface area contributed by atoms with Crippen molar-refractivity contribution >= 4 is 0 Å². The first-order valence-corrected chi connectivity index (χ1v) is 16.8. The van der Waals surface area contributed by atoms with Crippen molar-refractivity contribution in [3.63, 3.8) is 0 Å². The highest BCUT2D eigenvalue weighted by Gasteiger charge is 2.08. The van der Waals surface area contributed by atoms with E-state index in [1.807, 2.05) is 0 Å². The van der Waals surface area contributed by atoms with E-state index >= 15 is 0 Å². The zero-order valence-corrected chi connectivity index (χ0v) is 24.9. The molecule has 0 aliphatic carbocycles. The van der Waals surface area contributed by atoms with Gasteiger partial charge in [0.25, 0.3) is 0 Å². The number of nitrogens with zero attached hydrogens (tertiary/aromatic N) is 2. The molecule has 3 rings (SSSR count). The third-order valence-electron chi connectivity index (χ3n) is 8.57. The van der Waals surface area contributed by atoms with Crippen LogP contribution in [0.5, 0.6) is 0 Å². The summed E-state index contributed by atoms with van der Waals surface area (Å²) >= 11 is 0. The smallest absolute Gasteiger partial charge is 0.0386 e.